The first-order valence-corrected chi connectivity index (χ1v) is 6.20. The van der Waals surface area contributed by atoms with Crippen LogP contribution < -0.4 is 0 Å². The molecule has 0 heteroatoms. The molecular weight excluding hydrogens is 168 g/mol. The fraction of sp³-hybridized carbons (Fsp3) is 0.857. The van der Waals surface area contributed by atoms with Crippen LogP contribution in [0, 0.1) is 28.6 Å². The summed E-state index contributed by atoms with van der Waals surface area (Å²) in [5, 5.41) is 0. The van der Waals surface area contributed by atoms with Gasteiger partial charge in [0.25, 0.3) is 0 Å². The predicted octanol–water partition coefficient (Wildman–Crippen LogP) is 4.02. The monoisotopic (exact) mass is 190 g/mol. The van der Waals surface area contributed by atoms with Gasteiger partial charge in [0.1, 0.15) is 0 Å². The van der Waals surface area contributed by atoms with Crippen LogP contribution in [-0.4, -0.2) is 0 Å². The van der Waals surface area contributed by atoms with E-state index in [0.717, 1.165) is 17.8 Å². The molecule has 3 aliphatic carbocycles. The van der Waals surface area contributed by atoms with Gasteiger partial charge < -0.3 is 0 Å². The van der Waals surface area contributed by atoms with Crippen LogP contribution >= 0.6 is 0 Å². The zero-order chi connectivity index (χ0) is 9.97. The summed E-state index contributed by atoms with van der Waals surface area (Å²) in [6.45, 7) is 7.56. The Labute approximate surface area is 87.8 Å². The average molecular weight is 190 g/mol. The van der Waals surface area contributed by atoms with E-state index < -0.39 is 0 Å². The van der Waals surface area contributed by atoms with Crippen LogP contribution in [0.5, 0.6) is 0 Å². The third kappa shape index (κ3) is 0.951. The Kier molecular flexibility index (Phi) is 1.58. The zero-order valence-electron chi connectivity index (χ0n) is 9.72. The van der Waals surface area contributed by atoms with Gasteiger partial charge in [-0.1, -0.05) is 32.9 Å². The molecule has 0 N–H and O–H groups in total. The molecule has 0 unspecified atom stereocenters. The molecule has 0 aliphatic heterocycles. The molecule has 0 bridgehead atoms. The van der Waals surface area contributed by atoms with Gasteiger partial charge in [-0.15, -0.1) is 0 Å². The van der Waals surface area contributed by atoms with Crippen molar-refractivity contribution in [3.8, 4) is 0 Å². The van der Waals surface area contributed by atoms with Crippen LogP contribution in [0.15, 0.2) is 12.2 Å². The minimum Gasteiger partial charge on any atom is -0.0879 e. The molecule has 2 saturated carbocycles. The van der Waals surface area contributed by atoms with Gasteiger partial charge in [0, 0.05) is 0 Å². The smallest absolute Gasteiger partial charge is 0.0194 e. The Morgan fingerprint density at radius 2 is 1.93 bits per heavy atom. The molecular formula is C14H22. The molecule has 3 rings (SSSR count). The molecule has 0 saturated heterocycles. The van der Waals surface area contributed by atoms with Crippen LogP contribution in [0.1, 0.15) is 46.5 Å². The van der Waals surface area contributed by atoms with E-state index in [2.05, 4.69) is 32.9 Å². The van der Waals surface area contributed by atoms with Crippen molar-refractivity contribution in [2.24, 2.45) is 28.6 Å². The van der Waals surface area contributed by atoms with Gasteiger partial charge in [-0.3, -0.25) is 0 Å². The average Bonchev–Trinajstić information content (AvgIpc) is 2.62. The van der Waals surface area contributed by atoms with Crippen molar-refractivity contribution in [2.75, 3.05) is 0 Å². The molecule has 14 heavy (non-hydrogen) atoms. The Morgan fingerprint density at radius 3 is 2.71 bits per heavy atom. The van der Waals surface area contributed by atoms with Crippen LogP contribution in [0.3, 0.4) is 0 Å². The third-order valence-electron chi connectivity index (χ3n) is 5.40. The van der Waals surface area contributed by atoms with E-state index in [0.29, 0.717) is 10.8 Å². The minimum atomic E-state index is 0.611. The fourth-order valence-electron chi connectivity index (χ4n) is 5.06. The Morgan fingerprint density at radius 1 is 1.14 bits per heavy atom. The molecule has 0 heterocycles. The maximum atomic E-state index is 2.55. The van der Waals surface area contributed by atoms with Crippen molar-refractivity contribution in [3.63, 3.8) is 0 Å². The topological polar surface area (TPSA) is 0 Å². The van der Waals surface area contributed by atoms with Crippen LogP contribution in [0.2, 0.25) is 0 Å². The van der Waals surface area contributed by atoms with Crippen LogP contribution in [0.4, 0.5) is 0 Å². The lowest BCUT2D eigenvalue weighted by molar-refractivity contribution is 0.132. The van der Waals surface area contributed by atoms with E-state index >= 15 is 0 Å². The second kappa shape index (κ2) is 2.46. The number of rotatable bonds is 0. The lowest BCUT2D eigenvalue weighted by Crippen LogP contribution is -2.29. The normalized spacial score (nSPS) is 53.5. The van der Waals surface area contributed by atoms with Crippen molar-refractivity contribution in [1.82, 2.24) is 0 Å². The molecule has 4 atom stereocenters. The summed E-state index contributed by atoms with van der Waals surface area (Å²) in [6.07, 6.45) is 10.7. The molecule has 78 valence electrons. The maximum absolute atomic E-state index is 2.55. The molecule has 0 aromatic rings. The number of allylic oxidation sites excluding steroid dienone is 2. The van der Waals surface area contributed by atoms with Crippen molar-refractivity contribution in [1.29, 1.82) is 0 Å². The lowest BCUT2D eigenvalue weighted by atomic mass is 9.69. The SMILES string of the molecule is CC1(C)CC[C@@]2(C)C[C@@H]3C=CC[C@@H]3[C@@H]12. The van der Waals surface area contributed by atoms with E-state index in [-0.39, 0.29) is 0 Å². The Balaban J connectivity index is 1.99. The van der Waals surface area contributed by atoms with Crippen molar-refractivity contribution >= 4 is 0 Å². The van der Waals surface area contributed by atoms with Gasteiger partial charge in [-0.05, 0) is 54.3 Å². The van der Waals surface area contributed by atoms with Gasteiger partial charge >= 0.3 is 0 Å². The van der Waals surface area contributed by atoms with Gasteiger partial charge in [0.2, 0.25) is 0 Å². The largest absolute Gasteiger partial charge is 0.0879 e. The molecule has 3 aliphatic rings. The number of fused-ring (bicyclic) bond motifs is 3. The van der Waals surface area contributed by atoms with E-state index in [1.165, 1.54) is 25.7 Å². The number of hydrogen-bond acceptors (Lipinski definition) is 0. The first-order chi connectivity index (χ1) is 6.53. The highest BCUT2D eigenvalue weighted by molar-refractivity contribution is 5.16. The minimum absolute atomic E-state index is 0.611. The summed E-state index contributed by atoms with van der Waals surface area (Å²) >= 11 is 0. The standard InChI is InChI=1S/C14H22/c1-13(2)7-8-14(3)9-10-5-4-6-11(10)12(13)14/h4-5,10-12H,6-9H2,1-3H3/t10-,11-,12-,14-/m0/s1. The molecule has 0 radical (unpaired) electrons. The van der Waals surface area contributed by atoms with E-state index in [1.807, 2.05) is 0 Å². The Bertz CT molecular complexity index is 286. The second-order valence-corrected chi connectivity index (χ2v) is 6.82. The Hall–Kier alpha value is -0.260. The first kappa shape index (κ1) is 9.00. The summed E-state index contributed by atoms with van der Waals surface area (Å²) < 4.78 is 0. The quantitative estimate of drug-likeness (QED) is 0.506. The van der Waals surface area contributed by atoms with E-state index in [4.69, 9.17) is 0 Å². The third-order valence-corrected chi connectivity index (χ3v) is 5.40. The lowest BCUT2D eigenvalue weighted by Gasteiger charge is -2.35. The van der Waals surface area contributed by atoms with E-state index in [1.54, 1.807) is 0 Å². The van der Waals surface area contributed by atoms with Crippen LogP contribution in [-0.2, 0) is 0 Å². The molecule has 0 nitrogen and oxygen atoms in total. The molecule has 0 aromatic heterocycles. The maximum Gasteiger partial charge on any atom is -0.0194 e. The molecule has 2 fully saturated rings. The van der Waals surface area contributed by atoms with Gasteiger partial charge in [-0.2, -0.15) is 0 Å². The second-order valence-electron chi connectivity index (χ2n) is 6.82. The summed E-state index contributed by atoms with van der Waals surface area (Å²) in [6, 6.07) is 0. The zero-order valence-corrected chi connectivity index (χ0v) is 9.72. The summed E-state index contributed by atoms with van der Waals surface area (Å²) in [5.74, 6) is 2.93. The van der Waals surface area contributed by atoms with Gasteiger partial charge in [0.15, 0.2) is 0 Å². The molecule has 0 amide bonds. The first-order valence-electron chi connectivity index (χ1n) is 6.20. The molecule has 0 aromatic carbocycles. The van der Waals surface area contributed by atoms with Crippen molar-refractivity contribution < 1.29 is 0 Å². The summed E-state index contributed by atoms with van der Waals surface area (Å²) in [7, 11) is 0. The summed E-state index contributed by atoms with van der Waals surface area (Å²) in [4.78, 5) is 0. The highest BCUT2D eigenvalue weighted by Crippen LogP contribution is 2.67. The number of hydrogen-bond donors (Lipinski definition) is 0. The van der Waals surface area contributed by atoms with Gasteiger partial charge in [-0.25, -0.2) is 0 Å². The highest BCUT2D eigenvalue weighted by Gasteiger charge is 2.59. The predicted molar refractivity (Wildman–Crippen MR) is 60.0 cm³/mol. The summed E-state index contributed by atoms with van der Waals surface area (Å²) in [5.41, 5.74) is 1.30. The van der Waals surface area contributed by atoms with Crippen LogP contribution in [0.25, 0.3) is 0 Å². The van der Waals surface area contributed by atoms with E-state index in [9.17, 15) is 0 Å². The van der Waals surface area contributed by atoms with Crippen molar-refractivity contribution in [3.05, 3.63) is 12.2 Å². The fourth-order valence-corrected chi connectivity index (χ4v) is 5.06. The molecule has 0 spiro atoms. The highest BCUT2D eigenvalue weighted by atomic mass is 14.6. The van der Waals surface area contributed by atoms with Crippen molar-refractivity contribution in [2.45, 2.75) is 46.5 Å². The van der Waals surface area contributed by atoms with Gasteiger partial charge in [0.05, 0.1) is 0 Å².